The van der Waals surface area contributed by atoms with Gasteiger partial charge in [0.05, 0.1) is 18.8 Å². The molecule has 3 aromatic carbocycles. The summed E-state index contributed by atoms with van der Waals surface area (Å²) < 4.78 is 16.3. The third-order valence-electron chi connectivity index (χ3n) is 4.20. The molecule has 5 heteroatoms. The first-order valence-electron chi connectivity index (χ1n) is 9.21. The first-order valence-corrected chi connectivity index (χ1v) is 9.21. The maximum absolute atomic E-state index is 12.6. The van der Waals surface area contributed by atoms with E-state index in [1.54, 1.807) is 24.3 Å². The van der Waals surface area contributed by atoms with Crippen LogP contribution < -0.4 is 9.47 Å². The maximum Gasteiger partial charge on any atom is 0.338 e. The molecular weight excluding hydrogens is 356 g/mol. The number of carbonyl (C=O) groups is 2. The van der Waals surface area contributed by atoms with Gasteiger partial charge in [-0.3, -0.25) is 4.79 Å². The number of ether oxygens (including phenoxy) is 3. The van der Waals surface area contributed by atoms with Crippen LogP contribution in [0.5, 0.6) is 11.5 Å². The Balaban J connectivity index is 1.73. The zero-order valence-electron chi connectivity index (χ0n) is 15.9. The number of hydrogen-bond donors (Lipinski definition) is 0. The summed E-state index contributed by atoms with van der Waals surface area (Å²) in [7, 11) is 0. The molecule has 28 heavy (non-hydrogen) atoms. The molecule has 0 atom stereocenters. The van der Waals surface area contributed by atoms with E-state index in [0.717, 1.165) is 10.8 Å². The molecule has 0 aliphatic rings. The molecule has 0 radical (unpaired) electrons. The summed E-state index contributed by atoms with van der Waals surface area (Å²) in [6.07, 6.45) is 0. The van der Waals surface area contributed by atoms with Crippen molar-refractivity contribution in [2.24, 2.45) is 0 Å². The number of ketones is 1. The predicted molar refractivity (Wildman–Crippen MR) is 107 cm³/mol. The summed E-state index contributed by atoms with van der Waals surface area (Å²) in [5.41, 5.74) is 0.838. The van der Waals surface area contributed by atoms with Crippen LogP contribution in [0, 0.1) is 0 Å². The molecule has 0 aromatic heterocycles. The minimum absolute atomic E-state index is 0.249. The molecule has 0 N–H and O–H groups in total. The van der Waals surface area contributed by atoms with E-state index in [-0.39, 0.29) is 12.4 Å². The maximum atomic E-state index is 12.6. The van der Waals surface area contributed by atoms with Gasteiger partial charge in [-0.05, 0) is 42.8 Å². The summed E-state index contributed by atoms with van der Waals surface area (Å²) in [6.45, 7) is 4.33. The minimum atomic E-state index is -0.586. The van der Waals surface area contributed by atoms with Gasteiger partial charge in [0.25, 0.3) is 0 Å². The molecule has 144 valence electrons. The highest BCUT2D eigenvalue weighted by Gasteiger charge is 2.16. The van der Waals surface area contributed by atoms with E-state index in [2.05, 4.69) is 0 Å². The average molecular weight is 378 g/mol. The van der Waals surface area contributed by atoms with E-state index in [0.29, 0.717) is 35.8 Å². The lowest BCUT2D eigenvalue weighted by molar-refractivity contribution is 0.0474. The van der Waals surface area contributed by atoms with Gasteiger partial charge in [0.1, 0.15) is 0 Å². The van der Waals surface area contributed by atoms with Crippen LogP contribution in [0.2, 0.25) is 0 Å². The zero-order chi connectivity index (χ0) is 19.9. The van der Waals surface area contributed by atoms with Crippen molar-refractivity contribution in [3.63, 3.8) is 0 Å². The molecule has 0 saturated carbocycles. The number of esters is 1. The monoisotopic (exact) mass is 378 g/mol. The summed E-state index contributed by atoms with van der Waals surface area (Å²) in [5, 5.41) is 1.80. The molecule has 0 heterocycles. The van der Waals surface area contributed by atoms with Gasteiger partial charge in [0.15, 0.2) is 18.1 Å². The van der Waals surface area contributed by atoms with Crippen LogP contribution in [0.15, 0.2) is 60.7 Å². The van der Waals surface area contributed by atoms with E-state index in [1.165, 1.54) is 0 Å². The minimum Gasteiger partial charge on any atom is -0.490 e. The quantitative estimate of drug-likeness (QED) is 0.421. The molecule has 5 nitrogen and oxygen atoms in total. The Morgan fingerprint density at radius 3 is 2.32 bits per heavy atom. The van der Waals surface area contributed by atoms with E-state index < -0.39 is 5.97 Å². The molecule has 0 unspecified atom stereocenters. The van der Waals surface area contributed by atoms with Gasteiger partial charge in [-0.1, -0.05) is 42.5 Å². The second kappa shape index (κ2) is 9.04. The third-order valence-corrected chi connectivity index (χ3v) is 4.20. The van der Waals surface area contributed by atoms with Gasteiger partial charge in [-0.2, -0.15) is 0 Å². The smallest absolute Gasteiger partial charge is 0.338 e. The topological polar surface area (TPSA) is 61.8 Å². The van der Waals surface area contributed by atoms with Crippen molar-refractivity contribution in [3.8, 4) is 11.5 Å². The summed E-state index contributed by atoms with van der Waals surface area (Å²) in [6, 6.07) is 17.9. The van der Waals surface area contributed by atoms with Crippen molar-refractivity contribution in [2.75, 3.05) is 19.8 Å². The Kier molecular flexibility index (Phi) is 6.27. The molecule has 0 aliphatic heterocycles. The van der Waals surface area contributed by atoms with Crippen LogP contribution in [0.25, 0.3) is 10.8 Å². The van der Waals surface area contributed by atoms with Gasteiger partial charge in [-0.15, -0.1) is 0 Å². The van der Waals surface area contributed by atoms with Crippen molar-refractivity contribution in [1.82, 2.24) is 0 Å². The Morgan fingerprint density at radius 2 is 1.54 bits per heavy atom. The van der Waals surface area contributed by atoms with Crippen molar-refractivity contribution in [1.29, 1.82) is 0 Å². The van der Waals surface area contributed by atoms with Gasteiger partial charge in [-0.25, -0.2) is 4.79 Å². The van der Waals surface area contributed by atoms with Gasteiger partial charge in [0, 0.05) is 5.56 Å². The Morgan fingerprint density at radius 1 is 0.821 bits per heavy atom. The standard InChI is InChI=1S/C23H22O5/c1-3-26-21-13-12-17(14-22(21)27-4-2)23(25)28-15-20(24)19-11-7-9-16-8-5-6-10-18(16)19/h5-14H,3-4,15H2,1-2H3. The lowest BCUT2D eigenvalue weighted by Gasteiger charge is -2.12. The van der Waals surface area contributed by atoms with Gasteiger partial charge in [0.2, 0.25) is 5.78 Å². The number of benzene rings is 3. The lowest BCUT2D eigenvalue weighted by atomic mass is 10.0. The van der Waals surface area contributed by atoms with E-state index in [1.807, 2.05) is 50.2 Å². The van der Waals surface area contributed by atoms with Crippen LogP contribution in [-0.2, 0) is 4.74 Å². The number of rotatable bonds is 8. The lowest BCUT2D eigenvalue weighted by Crippen LogP contribution is -2.15. The molecular formula is C23H22O5. The highest BCUT2D eigenvalue weighted by atomic mass is 16.5. The van der Waals surface area contributed by atoms with Crippen molar-refractivity contribution < 1.29 is 23.8 Å². The number of hydrogen-bond acceptors (Lipinski definition) is 5. The Bertz CT molecular complexity index is 988. The van der Waals surface area contributed by atoms with E-state index in [4.69, 9.17) is 14.2 Å². The first kappa shape index (κ1) is 19.4. The van der Waals surface area contributed by atoms with Crippen molar-refractivity contribution in [3.05, 3.63) is 71.8 Å². The molecule has 0 amide bonds. The first-order chi connectivity index (χ1) is 13.6. The molecule has 0 bridgehead atoms. The second-order valence-corrected chi connectivity index (χ2v) is 6.05. The second-order valence-electron chi connectivity index (χ2n) is 6.05. The molecule has 0 spiro atoms. The van der Waals surface area contributed by atoms with Crippen LogP contribution in [-0.4, -0.2) is 31.6 Å². The number of carbonyl (C=O) groups excluding carboxylic acids is 2. The Labute approximate surface area is 163 Å². The van der Waals surface area contributed by atoms with E-state index in [9.17, 15) is 9.59 Å². The van der Waals surface area contributed by atoms with Gasteiger partial charge >= 0.3 is 5.97 Å². The molecule has 0 saturated heterocycles. The fraction of sp³-hybridized carbons (Fsp3) is 0.217. The Hall–Kier alpha value is -3.34. The SMILES string of the molecule is CCOc1ccc(C(=O)OCC(=O)c2cccc3ccccc23)cc1OCC. The highest BCUT2D eigenvalue weighted by molar-refractivity contribution is 6.09. The molecule has 0 aliphatic carbocycles. The molecule has 3 aromatic rings. The van der Waals surface area contributed by atoms with E-state index >= 15 is 0 Å². The van der Waals surface area contributed by atoms with Crippen LogP contribution in [0.1, 0.15) is 34.6 Å². The average Bonchev–Trinajstić information content (AvgIpc) is 2.73. The number of Topliss-reactive ketones (excluding diaryl/α,β-unsaturated/α-hetero) is 1. The summed E-state index contributed by atoms with van der Waals surface area (Å²) in [4.78, 5) is 25.0. The van der Waals surface area contributed by atoms with Crippen molar-refractivity contribution in [2.45, 2.75) is 13.8 Å². The predicted octanol–water partition coefficient (Wildman–Crippen LogP) is 4.68. The highest BCUT2D eigenvalue weighted by Crippen LogP contribution is 2.29. The summed E-state index contributed by atoms with van der Waals surface area (Å²) >= 11 is 0. The van der Waals surface area contributed by atoms with Crippen LogP contribution in [0.3, 0.4) is 0 Å². The van der Waals surface area contributed by atoms with Crippen molar-refractivity contribution >= 4 is 22.5 Å². The fourth-order valence-electron chi connectivity index (χ4n) is 2.94. The van der Waals surface area contributed by atoms with Crippen LogP contribution >= 0.6 is 0 Å². The molecule has 3 rings (SSSR count). The summed E-state index contributed by atoms with van der Waals surface area (Å²) in [5.74, 6) is 0.200. The third kappa shape index (κ3) is 4.31. The zero-order valence-corrected chi connectivity index (χ0v) is 15.9. The largest absolute Gasteiger partial charge is 0.490 e. The number of fused-ring (bicyclic) bond motifs is 1. The van der Waals surface area contributed by atoms with Gasteiger partial charge < -0.3 is 14.2 Å². The molecule has 0 fully saturated rings. The normalized spacial score (nSPS) is 10.5. The van der Waals surface area contributed by atoms with Crippen LogP contribution in [0.4, 0.5) is 0 Å². The fourth-order valence-corrected chi connectivity index (χ4v) is 2.94.